The van der Waals surface area contributed by atoms with E-state index in [1.54, 1.807) is 6.20 Å². The lowest BCUT2D eigenvalue weighted by Gasteiger charge is -2.45. The monoisotopic (exact) mass is 494 g/mol. The number of anilines is 1. The molecular weight excluding hydrogens is 464 g/mol. The first-order valence-electron chi connectivity index (χ1n) is 10.9. The largest absolute Gasteiger partial charge is 0.464 e. The highest BCUT2D eigenvalue weighted by Crippen LogP contribution is 2.66. The van der Waals surface area contributed by atoms with Crippen molar-refractivity contribution < 1.29 is 19.1 Å². The molecule has 2 heterocycles. The fraction of sp³-hybridized carbons (Fsp3) is 0.727. The van der Waals surface area contributed by atoms with Crippen LogP contribution < -0.4 is 10.2 Å². The molecule has 3 fully saturated rings. The second kappa shape index (κ2) is 7.90. The van der Waals surface area contributed by atoms with Gasteiger partial charge in [-0.3, -0.25) is 0 Å². The number of halogens is 1. The van der Waals surface area contributed by atoms with Gasteiger partial charge in [0.1, 0.15) is 10.2 Å². The molecule has 0 aromatic carbocycles. The van der Waals surface area contributed by atoms with Crippen LogP contribution in [0.15, 0.2) is 10.8 Å². The van der Waals surface area contributed by atoms with Gasteiger partial charge in [0.15, 0.2) is 11.5 Å². The number of hydrogen-bond acceptors (Lipinski definition) is 7. The average molecular weight is 495 g/mol. The highest BCUT2D eigenvalue weighted by molar-refractivity contribution is 9.10. The van der Waals surface area contributed by atoms with Gasteiger partial charge >= 0.3 is 12.1 Å². The molecule has 9 heteroatoms. The molecule has 4 rings (SSSR count). The lowest BCUT2D eigenvalue weighted by atomic mass is 9.72. The summed E-state index contributed by atoms with van der Waals surface area (Å²) in [5.74, 6) is 0.0621. The topological polar surface area (TPSA) is 93.6 Å². The van der Waals surface area contributed by atoms with E-state index < -0.39 is 11.6 Å². The molecule has 2 aliphatic carbocycles. The fourth-order valence-electron chi connectivity index (χ4n) is 5.40. The third-order valence-corrected chi connectivity index (χ3v) is 7.44. The summed E-state index contributed by atoms with van der Waals surface area (Å²) >= 11 is 3.29. The number of nitrogens with one attached hydrogen (secondary N) is 1. The Kier molecular flexibility index (Phi) is 5.69. The predicted octanol–water partition coefficient (Wildman–Crippen LogP) is 4.08. The summed E-state index contributed by atoms with van der Waals surface area (Å²) in [5.41, 5.74) is -0.00644. The standard InChI is InChI=1S/C22H31BrN4O4/c1-20(2,3)31-19(29)26-18-21(5-6-21)7-8-22(18)9-11-27(12-10-22)16-15(17(28)30-4)25-14(23)13-24-16/h13,18H,5-12H2,1-4H3,(H,26,29). The Morgan fingerprint density at radius 3 is 2.26 bits per heavy atom. The molecule has 8 nitrogen and oxygen atoms in total. The van der Waals surface area contributed by atoms with Gasteiger partial charge in [-0.1, -0.05) is 0 Å². The highest BCUT2D eigenvalue weighted by atomic mass is 79.9. The zero-order chi connectivity index (χ0) is 22.4. The van der Waals surface area contributed by atoms with Crippen LogP contribution in [0.1, 0.15) is 69.8 Å². The van der Waals surface area contributed by atoms with Crippen LogP contribution in [0.4, 0.5) is 10.6 Å². The number of carbonyl (C=O) groups is 2. The molecular formula is C22H31BrN4O4. The Morgan fingerprint density at radius 2 is 1.71 bits per heavy atom. The van der Waals surface area contributed by atoms with Crippen molar-refractivity contribution in [3.63, 3.8) is 0 Å². The van der Waals surface area contributed by atoms with Crippen molar-refractivity contribution in [2.45, 2.75) is 70.9 Å². The second-order valence-electron chi connectivity index (χ2n) is 10.1. The summed E-state index contributed by atoms with van der Waals surface area (Å²) in [4.78, 5) is 35.7. The van der Waals surface area contributed by atoms with Gasteiger partial charge in [-0.25, -0.2) is 19.6 Å². The van der Waals surface area contributed by atoms with E-state index in [0.717, 1.165) is 38.8 Å². The minimum absolute atomic E-state index is 0.0537. The van der Waals surface area contributed by atoms with E-state index in [4.69, 9.17) is 9.47 Å². The Hall–Kier alpha value is -1.90. The molecule has 1 aromatic heterocycles. The van der Waals surface area contributed by atoms with Gasteiger partial charge in [0.05, 0.1) is 13.3 Å². The van der Waals surface area contributed by atoms with E-state index in [0.29, 0.717) is 10.4 Å². The summed E-state index contributed by atoms with van der Waals surface area (Å²) in [5, 5.41) is 3.26. The van der Waals surface area contributed by atoms with Gasteiger partial charge in [-0.2, -0.15) is 0 Å². The van der Waals surface area contributed by atoms with Crippen LogP contribution in [0.5, 0.6) is 0 Å². The summed E-state index contributed by atoms with van der Waals surface area (Å²) in [7, 11) is 1.35. The molecule has 1 saturated heterocycles. The van der Waals surface area contributed by atoms with Crippen LogP contribution in [0.25, 0.3) is 0 Å². The Bertz CT molecular complexity index is 873. The zero-order valence-electron chi connectivity index (χ0n) is 18.7. The molecule has 2 saturated carbocycles. The number of ether oxygens (including phenoxy) is 2. The smallest absolute Gasteiger partial charge is 0.407 e. The summed E-state index contributed by atoms with van der Waals surface area (Å²) in [6, 6.07) is 0.132. The lowest BCUT2D eigenvalue weighted by molar-refractivity contribution is 0.0403. The number of piperidine rings is 1. The lowest BCUT2D eigenvalue weighted by Crippen LogP contribution is -2.54. The number of methoxy groups -OCH3 is 1. The Morgan fingerprint density at radius 1 is 1.13 bits per heavy atom. The van der Waals surface area contributed by atoms with Crippen LogP contribution >= 0.6 is 15.9 Å². The van der Waals surface area contributed by atoms with Crippen LogP contribution in [0.2, 0.25) is 0 Å². The molecule has 31 heavy (non-hydrogen) atoms. The second-order valence-corrected chi connectivity index (χ2v) is 11.0. The first-order chi connectivity index (χ1) is 14.6. The first-order valence-corrected chi connectivity index (χ1v) is 11.7. The SMILES string of the molecule is COC(=O)c1nc(Br)cnc1N1CCC2(CC1)CCC1(CC1)C2NC(=O)OC(C)(C)C. The Balaban J connectivity index is 1.50. The molecule has 1 aromatic rings. The third kappa shape index (κ3) is 4.38. The van der Waals surface area contributed by atoms with Gasteiger partial charge in [0.25, 0.3) is 0 Å². The number of carbonyl (C=O) groups excluding carboxylic acids is 2. The van der Waals surface area contributed by atoms with E-state index in [1.165, 1.54) is 20.0 Å². The predicted molar refractivity (Wildman–Crippen MR) is 119 cm³/mol. The maximum Gasteiger partial charge on any atom is 0.407 e. The minimum atomic E-state index is -0.513. The van der Waals surface area contributed by atoms with Crippen molar-refractivity contribution in [3.8, 4) is 0 Å². The number of rotatable bonds is 3. The van der Waals surface area contributed by atoms with Crippen LogP contribution in [0, 0.1) is 10.8 Å². The van der Waals surface area contributed by atoms with Crippen molar-refractivity contribution in [3.05, 3.63) is 16.5 Å². The maximum atomic E-state index is 12.6. The van der Waals surface area contributed by atoms with Crippen molar-refractivity contribution in [1.29, 1.82) is 0 Å². The van der Waals surface area contributed by atoms with Crippen LogP contribution in [-0.2, 0) is 9.47 Å². The van der Waals surface area contributed by atoms with Crippen LogP contribution in [0.3, 0.4) is 0 Å². The normalized spacial score (nSPS) is 23.6. The number of amides is 1. The number of esters is 1. The van der Waals surface area contributed by atoms with E-state index in [9.17, 15) is 9.59 Å². The van der Waals surface area contributed by atoms with E-state index in [-0.39, 0.29) is 28.7 Å². The van der Waals surface area contributed by atoms with Crippen molar-refractivity contribution in [2.75, 3.05) is 25.1 Å². The maximum absolute atomic E-state index is 12.6. The van der Waals surface area contributed by atoms with Crippen molar-refractivity contribution in [1.82, 2.24) is 15.3 Å². The summed E-state index contributed by atoms with van der Waals surface area (Å²) < 4.78 is 11.0. The molecule has 0 bridgehead atoms. The zero-order valence-corrected chi connectivity index (χ0v) is 20.3. The van der Waals surface area contributed by atoms with E-state index >= 15 is 0 Å². The molecule has 1 unspecified atom stereocenters. The number of aromatic nitrogens is 2. The van der Waals surface area contributed by atoms with Gasteiger partial charge in [-0.05, 0) is 86.1 Å². The van der Waals surface area contributed by atoms with Gasteiger partial charge in [-0.15, -0.1) is 0 Å². The molecule has 1 atom stereocenters. The third-order valence-electron chi connectivity index (χ3n) is 7.06. The van der Waals surface area contributed by atoms with Crippen LogP contribution in [-0.4, -0.2) is 53.9 Å². The Labute approximate surface area is 191 Å². The van der Waals surface area contributed by atoms with Crippen molar-refractivity contribution >= 4 is 33.8 Å². The van der Waals surface area contributed by atoms with Gasteiger partial charge < -0.3 is 19.7 Å². The molecule has 3 aliphatic rings. The molecule has 2 spiro atoms. The molecule has 1 N–H and O–H groups in total. The van der Waals surface area contributed by atoms with Gasteiger partial charge in [0.2, 0.25) is 0 Å². The number of nitrogens with zero attached hydrogens (tertiary/aromatic N) is 3. The molecule has 1 aliphatic heterocycles. The minimum Gasteiger partial charge on any atom is -0.464 e. The molecule has 1 amide bonds. The highest BCUT2D eigenvalue weighted by Gasteiger charge is 2.63. The van der Waals surface area contributed by atoms with Crippen molar-refractivity contribution in [2.24, 2.45) is 10.8 Å². The molecule has 170 valence electrons. The first kappa shape index (κ1) is 22.3. The summed E-state index contributed by atoms with van der Waals surface area (Å²) in [6.07, 6.45) is 7.73. The van der Waals surface area contributed by atoms with E-state index in [1.807, 2.05) is 20.8 Å². The van der Waals surface area contributed by atoms with E-state index in [2.05, 4.69) is 36.1 Å². The fourth-order valence-corrected chi connectivity index (χ4v) is 5.68. The van der Waals surface area contributed by atoms with Gasteiger partial charge in [0, 0.05) is 19.1 Å². The number of alkyl carbamates (subject to hydrolysis) is 1. The number of hydrogen-bond donors (Lipinski definition) is 1. The summed E-state index contributed by atoms with van der Waals surface area (Å²) in [6.45, 7) is 7.17. The molecule has 0 radical (unpaired) electrons. The quantitative estimate of drug-likeness (QED) is 0.632. The average Bonchev–Trinajstić information content (AvgIpc) is 3.44.